The van der Waals surface area contributed by atoms with Crippen molar-refractivity contribution in [2.24, 2.45) is 0 Å². The van der Waals surface area contributed by atoms with E-state index in [-0.39, 0.29) is 11.5 Å². The number of amides is 1. The summed E-state index contributed by atoms with van der Waals surface area (Å²) >= 11 is 0. The van der Waals surface area contributed by atoms with Gasteiger partial charge in [-0.05, 0) is 30.7 Å². The molecule has 1 heterocycles. The van der Waals surface area contributed by atoms with Crippen molar-refractivity contribution >= 4 is 12.0 Å². The van der Waals surface area contributed by atoms with E-state index in [0.717, 1.165) is 11.3 Å². The molecule has 1 aromatic rings. The maximum absolute atomic E-state index is 12.3. The van der Waals surface area contributed by atoms with Gasteiger partial charge in [0.2, 0.25) is 0 Å². The van der Waals surface area contributed by atoms with Gasteiger partial charge in [0.25, 0.3) is 5.91 Å². The summed E-state index contributed by atoms with van der Waals surface area (Å²) in [7, 11) is 0. The number of carbonyl (C=O) groups excluding carboxylic acids is 1. The van der Waals surface area contributed by atoms with E-state index < -0.39 is 0 Å². The number of hydrogen-bond donors (Lipinski definition) is 0. The van der Waals surface area contributed by atoms with Crippen LogP contribution in [0.2, 0.25) is 0 Å². The van der Waals surface area contributed by atoms with Crippen molar-refractivity contribution in [3.8, 4) is 11.8 Å². The topological polar surface area (TPSA) is 62.6 Å². The average molecular weight is 286 g/mol. The van der Waals surface area contributed by atoms with Gasteiger partial charge in [0.05, 0.1) is 19.8 Å². The highest BCUT2D eigenvalue weighted by atomic mass is 16.5. The summed E-state index contributed by atoms with van der Waals surface area (Å²) in [6.07, 6.45) is 1.60. The minimum atomic E-state index is -0.241. The van der Waals surface area contributed by atoms with E-state index >= 15 is 0 Å². The molecule has 0 aliphatic carbocycles. The number of rotatable bonds is 4. The Hall–Kier alpha value is -2.32. The van der Waals surface area contributed by atoms with Gasteiger partial charge in [-0.1, -0.05) is 12.1 Å². The van der Waals surface area contributed by atoms with Crippen molar-refractivity contribution in [1.82, 2.24) is 4.90 Å². The third-order valence-electron chi connectivity index (χ3n) is 3.15. The lowest BCUT2D eigenvalue weighted by molar-refractivity contribution is -0.130. The van der Waals surface area contributed by atoms with Crippen molar-refractivity contribution in [1.29, 1.82) is 5.26 Å². The molecule has 5 nitrogen and oxygen atoms in total. The maximum atomic E-state index is 12.3. The predicted octanol–water partition coefficient (Wildman–Crippen LogP) is 1.85. The number of benzene rings is 1. The molecule has 110 valence electrons. The van der Waals surface area contributed by atoms with Gasteiger partial charge in [0.1, 0.15) is 17.4 Å². The van der Waals surface area contributed by atoms with Crippen LogP contribution in [0.25, 0.3) is 6.08 Å². The molecule has 0 bridgehead atoms. The van der Waals surface area contributed by atoms with Gasteiger partial charge in [0, 0.05) is 13.1 Å². The van der Waals surface area contributed by atoms with Crippen molar-refractivity contribution in [2.75, 3.05) is 32.9 Å². The summed E-state index contributed by atoms with van der Waals surface area (Å²) in [6.45, 7) is 4.63. The van der Waals surface area contributed by atoms with Gasteiger partial charge in [-0.25, -0.2) is 0 Å². The number of carbonyl (C=O) groups is 1. The van der Waals surface area contributed by atoms with E-state index in [0.29, 0.717) is 32.9 Å². The Morgan fingerprint density at radius 2 is 2.05 bits per heavy atom. The Kier molecular flexibility index (Phi) is 5.35. The lowest BCUT2D eigenvalue weighted by Crippen LogP contribution is -2.41. The van der Waals surface area contributed by atoms with Crippen LogP contribution in [0.4, 0.5) is 0 Å². The van der Waals surface area contributed by atoms with Gasteiger partial charge in [-0.2, -0.15) is 5.26 Å². The first kappa shape index (κ1) is 15.1. The van der Waals surface area contributed by atoms with Crippen LogP contribution in [-0.2, 0) is 9.53 Å². The minimum absolute atomic E-state index is 0.140. The van der Waals surface area contributed by atoms with Gasteiger partial charge in [0.15, 0.2) is 0 Å². The molecule has 0 saturated carbocycles. The molecular weight excluding hydrogens is 268 g/mol. The second-order valence-electron chi connectivity index (χ2n) is 4.58. The summed E-state index contributed by atoms with van der Waals surface area (Å²) in [5, 5.41) is 9.21. The molecule has 0 aromatic heterocycles. The van der Waals surface area contributed by atoms with E-state index in [9.17, 15) is 10.1 Å². The lowest BCUT2D eigenvalue weighted by atomic mass is 10.1. The van der Waals surface area contributed by atoms with Gasteiger partial charge < -0.3 is 14.4 Å². The SMILES string of the molecule is CCOc1ccc(C=C(C#N)C(=O)N2CCOCC2)cc1. The van der Waals surface area contributed by atoms with E-state index in [1.807, 2.05) is 37.3 Å². The summed E-state index contributed by atoms with van der Waals surface area (Å²) in [4.78, 5) is 13.9. The largest absolute Gasteiger partial charge is 0.494 e. The number of hydrogen-bond acceptors (Lipinski definition) is 4. The Balaban J connectivity index is 2.12. The second-order valence-corrected chi connectivity index (χ2v) is 4.58. The van der Waals surface area contributed by atoms with Crippen LogP contribution in [0.15, 0.2) is 29.8 Å². The zero-order valence-electron chi connectivity index (χ0n) is 12.0. The first-order valence-electron chi connectivity index (χ1n) is 6.96. The third kappa shape index (κ3) is 4.07. The smallest absolute Gasteiger partial charge is 0.264 e. The highest BCUT2D eigenvalue weighted by Gasteiger charge is 2.20. The Bertz CT molecular complexity index is 552. The Labute approximate surface area is 124 Å². The summed E-state index contributed by atoms with van der Waals surface area (Å²) in [5.41, 5.74) is 0.942. The monoisotopic (exact) mass is 286 g/mol. The number of nitriles is 1. The first-order chi connectivity index (χ1) is 10.2. The fourth-order valence-electron chi connectivity index (χ4n) is 2.07. The molecule has 2 rings (SSSR count). The molecule has 1 saturated heterocycles. The minimum Gasteiger partial charge on any atom is -0.494 e. The standard InChI is InChI=1S/C16H18N2O3/c1-2-21-15-5-3-13(4-6-15)11-14(12-17)16(19)18-7-9-20-10-8-18/h3-6,11H,2,7-10H2,1H3. The third-order valence-corrected chi connectivity index (χ3v) is 3.15. The van der Waals surface area contributed by atoms with Crippen LogP contribution >= 0.6 is 0 Å². The fourth-order valence-corrected chi connectivity index (χ4v) is 2.07. The molecule has 0 atom stereocenters. The van der Waals surface area contributed by atoms with Crippen molar-refractivity contribution in [3.63, 3.8) is 0 Å². The van der Waals surface area contributed by atoms with Crippen molar-refractivity contribution in [2.45, 2.75) is 6.92 Å². The molecule has 5 heteroatoms. The highest BCUT2D eigenvalue weighted by Crippen LogP contribution is 2.15. The molecule has 0 spiro atoms. The molecule has 1 fully saturated rings. The Morgan fingerprint density at radius 3 is 2.62 bits per heavy atom. The van der Waals surface area contributed by atoms with Gasteiger partial charge >= 0.3 is 0 Å². The van der Waals surface area contributed by atoms with Gasteiger partial charge in [-0.3, -0.25) is 4.79 Å². The van der Waals surface area contributed by atoms with Crippen molar-refractivity contribution in [3.05, 3.63) is 35.4 Å². The second kappa shape index (κ2) is 7.46. The van der Waals surface area contributed by atoms with E-state index in [1.165, 1.54) is 0 Å². The zero-order chi connectivity index (χ0) is 15.1. The first-order valence-corrected chi connectivity index (χ1v) is 6.96. The average Bonchev–Trinajstić information content (AvgIpc) is 2.54. The lowest BCUT2D eigenvalue weighted by Gasteiger charge is -2.26. The van der Waals surface area contributed by atoms with Crippen LogP contribution in [0, 0.1) is 11.3 Å². The van der Waals surface area contributed by atoms with Crippen LogP contribution in [0.5, 0.6) is 5.75 Å². The molecule has 0 unspecified atom stereocenters. The van der Waals surface area contributed by atoms with E-state index in [2.05, 4.69) is 0 Å². The molecule has 0 radical (unpaired) electrons. The van der Waals surface area contributed by atoms with Gasteiger partial charge in [-0.15, -0.1) is 0 Å². The fraction of sp³-hybridized carbons (Fsp3) is 0.375. The Morgan fingerprint density at radius 1 is 1.38 bits per heavy atom. The van der Waals surface area contributed by atoms with Crippen LogP contribution < -0.4 is 4.74 Å². The predicted molar refractivity (Wildman–Crippen MR) is 78.6 cm³/mol. The molecule has 21 heavy (non-hydrogen) atoms. The molecule has 0 N–H and O–H groups in total. The van der Waals surface area contributed by atoms with E-state index in [1.54, 1.807) is 11.0 Å². The normalized spacial score (nSPS) is 15.4. The zero-order valence-corrected chi connectivity index (χ0v) is 12.0. The molecule has 1 aliphatic rings. The summed E-state index contributed by atoms with van der Waals surface area (Å²) < 4.78 is 10.6. The van der Waals surface area contributed by atoms with Crippen LogP contribution in [0.1, 0.15) is 12.5 Å². The van der Waals surface area contributed by atoms with Crippen LogP contribution in [0.3, 0.4) is 0 Å². The summed E-state index contributed by atoms with van der Waals surface area (Å²) in [5.74, 6) is 0.530. The highest BCUT2D eigenvalue weighted by molar-refractivity contribution is 6.01. The van der Waals surface area contributed by atoms with E-state index in [4.69, 9.17) is 9.47 Å². The number of nitrogens with zero attached hydrogens (tertiary/aromatic N) is 2. The summed E-state index contributed by atoms with van der Waals surface area (Å²) in [6, 6.07) is 9.29. The van der Waals surface area contributed by atoms with Crippen LogP contribution in [-0.4, -0.2) is 43.7 Å². The van der Waals surface area contributed by atoms with Crippen molar-refractivity contribution < 1.29 is 14.3 Å². The molecule has 1 aromatic carbocycles. The maximum Gasteiger partial charge on any atom is 0.264 e. The number of morpholine rings is 1. The quantitative estimate of drug-likeness (QED) is 0.626. The molecule has 1 amide bonds. The molecule has 1 aliphatic heterocycles. The molecular formula is C16H18N2O3. The number of ether oxygens (including phenoxy) is 2.